The molecule has 2 heteroatoms. The van der Waals surface area contributed by atoms with Crippen molar-refractivity contribution in [3.05, 3.63) is 35.4 Å². The minimum absolute atomic E-state index is 0.149. The molecule has 0 fully saturated rings. The van der Waals surface area contributed by atoms with Crippen molar-refractivity contribution in [2.45, 2.75) is 52.6 Å². The van der Waals surface area contributed by atoms with Crippen LogP contribution in [0.3, 0.4) is 0 Å². The maximum Gasteiger partial charge on any atom is 0.104 e. The molecule has 0 aromatic heterocycles. The van der Waals surface area contributed by atoms with Crippen molar-refractivity contribution in [1.82, 2.24) is 5.32 Å². The Bertz CT molecular complexity index is 389. The summed E-state index contributed by atoms with van der Waals surface area (Å²) in [6.45, 7) is 14.3. The molecule has 1 aromatic rings. The first-order valence-corrected chi connectivity index (χ1v) is 7.26. The summed E-state index contributed by atoms with van der Waals surface area (Å²) < 4.78 is 0. The zero-order valence-corrected chi connectivity index (χ0v) is 13.2. The van der Waals surface area contributed by atoms with Crippen molar-refractivity contribution >= 4 is 0 Å². The molecule has 0 spiro atoms. The van der Waals surface area contributed by atoms with Gasteiger partial charge in [0.1, 0.15) is 5.60 Å². The van der Waals surface area contributed by atoms with Crippen LogP contribution in [0.25, 0.3) is 0 Å². The first-order valence-electron chi connectivity index (χ1n) is 7.26. The van der Waals surface area contributed by atoms with Crippen molar-refractivity contribution in [1.29, 1.82) is 0 Å². The molecule has 0 bridgehead atoms. The predicted molar refractivity (Wildman–Crippen MR) is 82.4 cm³/mol. The Morgan fingerprint density at radius 1 is 1.05 bits per heavy atom. The Balaban J connectivity index is 3.04. The van der Waals surface area contributed by atoms with Crippen LogP contribution in [0.2, 0.25) is 0 Å². The topological polar surface area (TPSA) is 32.3 Å². The Kier molecular flexibility index (Phi) is 5.17. The number of nitrogens with one attached hydrogen (secondary N) is 1. The average Bonchev–Trinajstić information content (AvgIpc) is 2.34. The third-order valence-corrected chi connectivity index (χ3v) is 3.85. The molecular weight excluding hydrogens is 234 g/mol. The smallest absolute Gasteiger partial charge is 0.104 e. The molecule has 0 aliphatic carbocycles. The van der Waals surface area contributed by atoms with E-state index in [0.717, 1.165) is 12.1 Å². The maximum absolute atomic E-state index is 10.9. The molecule has 0 aliphatic heterocycles. The standard InChI is InChI=1S/C17H29NO/c1-7-18-12-17(19,13(2)3)15-10-8-14(9-11-15)16(4,5)6/h8-11,13,18-19H,7,12H2,1-6H3. The van der Waals surface area contributed by atoms with E-state index in [2.05, 4.69) is 71.1 Å². The number of aliphatic hydroxyl groups is 1. The van der Waals surface area contributed by atoms with Crippen LogP contribution in [0.15, 0.2) is 24.3 Å². The summed E-state index contributed by atoms with van der Waals surface area (Å²) in [6.07, 6.45) is 0. The molecule has 1 rings (SSSR count). The van der Waals surface area contributed by atoms with Gasteiger partial charge in [-0.1, -0.05) is 65.8 Å². The van der Waals surface area contributed by atoms with E-state index in [0.29, 0.717) is 6.54 Å². The molecule has 1 unspecified atom stereocenters. The highest BCUT2D eigenvalue weighted by molar-refractivity contribution is 5.31. The summed E-state index contributed by atoms with van der Waals surface area (Å²) in [5, 5.41) is 14.2. The van der Waals surface area contributed by atoms with Crippen molar-refractivity contribution in [3.63, 3.8) is 0 Å². The fraction of sp³-hybridized carbons (Fsp3) is 0.647. The maximum atomic E-state index is 10.9. The molecular formula is C17H29NO. The molecule has 19 heavy (non-hydrogen) atoms. The van der Waals surface area contributed by atoms with Gasteiger partial charge in [-0.25, -0.2) is 0 Å². The fourth-order valence-corrected chi connectivity index (χ4v) is 2.21. The normalized spacial score (nSPS) is 15.6. The number of hydrogen-bond donors (Lipinski definition) is 2. The molecule has 108 valence electrons. The summed E-state index contributed by atoms with van der Waals surface area (Å²) in [4.78, 5) is 0. The van der Waals surface area contributed by atoms with E-state index in [-0.39, 0.29) is 11.3 Å². The Labute approximate surface area is 118 Å². The zero-order valence-electron chi connectivity index (χ0n) is 13.2. The van der Waals surface area contributed by atoms with Gasteiger partial charge in [0, 0.05) is 6.54 Å². The van der Waals surface area contributed by atoms with Gasteiger partial charge in [-0.05, 0) is 29.0 Å². The summed E-state index contributed by atoms with van der Waals surface area (Å²) in [7, 11) is 0. The summed E-state index contributed by atoms with van der Waals surface area (Å²) >= 11 is 0. The second-order valence-corrected chi connectivity index (χ2v) is 6.69. The monoisotopic (exact) mass is 263 g/mol. The van der Waals surface area contributed by atoms with E-state index in [4.69, 9.17) is 0 Å². The molecule has 2 N–H and O–H groups in total. The van der Waals surface area contributed by atoms with Crippen LogP contribution >= 0.6 is 0 Å². The summed E-state index contributed by atoms with van der Waals surface area (Å²) in [6, 6.07) is 8.40. The second-order valence-electron chi connectivity index (χ2n) is 6.69. The number of hydrogen-bond acceptors (Lipinski definition) is 2. The van der Waals surface area contributed by atoms with E-state index < -0.39 is 5.60 Å². The molecule has 0 radical (unpaired) electrons. The zero-order chi connectivity index (χ0) is 14.7. The SMILES string of the molecule is CCNCC(O)(c1ccc(C(C)(C)C)cc1)C(C)C. The van der Waals surface area contributed by atoms with Crippen molar-refractivity contribution in [2.24, 2.45) is 5.92 Å². The van der Waals surface area contributed by atoms with Gasteiger partial charge in [-0.3, -0.25) is 0 Å². The van der Waals surface area contributed by atoms with Gasteiger partial charge < -0.3 is 10.4 Å². The van der Waals surface area contributed by atoms with Gasteiger partial charge in [0.15, 0.2) is 0 Å². The first kappa shape index (κ1) is 16.2. The molecule has 0 saturated heterocycles. The van der Waals surface area contributed by atoms with Gasteiger partial charge in [0.25, 0.3) is 0 Å². The minimum atomic E-state index is -0.799. The van der Waals surface area contributed by atoms with Crippen LogP contribution in [0.5, 0.6) is 0 Å². The fourth-order valence-electron chi connectivity index (χ4n) is 2.21. The third-order valence-electron chi connectivity index (χ3n) is 3.85. The number of likely N-dealkylation sites (N-methyl/N-ethyl adjacent to an activating group) is 1. The minimum Gasteiger partial charge on any atom is -0.384 e. The Morgan fingerprint density at radius 3 is 1.89 bits per heavy atom. The number of rotatable bonds is 5. The van der Waals surface area contributed by atoms with E-state index in [9.17, 15) is 5.11 Å². The van der Waals surface area contributed by atoms with Crippen LogP contribution in [-0.2, 0) is 11.0 Å². The van der Waals surface area contributed by atoms with Crippen molar-refractivity contribution in [2.75, 3.05) is 13.1 Å². The summed E-state index contributed by atoms with van der Waals surface area (Å²) in [5.41, 5.74) is 1.64. The quantitative estimate of drug-likeness (QED) is 0.853. The summed E-state index contributed by atoms with van der Waals surface area (Å²) in [5.74, 6) is 0.173. The molecule has 1 aromatic carbocycles. The highest BCUT2D eigenvalue weighted by Gasteiger charge is 2.32. The van der Waals surface area contributed by atoms with Crippen molar-refractivity contribution < 1.29 is 5.11 Å². The lowest BCUT2D eigenvalue weighted by Crippen LogP contribution is -2.42. The third kappa shape index (κ3) is 3.80. The van der Waals surface area contributed by atoms with Crippen LogP contribution in [0, 0.1) is 5.92 Å². The molecule has 0 saturated carbocycles. The molecule has 0 aliphatic rings. The molecule has 2 nitrogen and oxygen atoms in total. The first-order chi connectivity index (χ1) is 8.71. The van der Waals surface area contributed by atoms with Crippen LogP contribution in [0.1, 0.15) is 52.7 Å². The highest BCUT2D eigenvalue weighted by Crippen LogP contribution is 2.31. The van der Waals surface area contributed by atoms with E-state index in [1.165, 1.54) is 5.56 Å². The highest BCUT2D eigenvalue weighted by atomic mass is 16.3. The van der Waals surface area contributed by atoms with Crippen LogP contribution in [-0.4, -0.2) is 18.2 Å². The molecule has 0 heterocycles. The largest absolute Gasteiger partial charge is 0.384 e. The van der Waals surface area contributed by atoms with Gasteiger partial charge in [0.2, 0.25) is 0 Å². The number of benzene rings is 1. The molecule has 1 atom stereocenters. The van der Waals surface area contributed by atoms with Crippen molar-refractivity contribution in [3.8, 4) is 0 Å². The lowest BCUT2D eigenvalue weighted by molar-refractivity contribution is -0.00878. The van der Waals surface area contributed by atoms with Gasteiger partial charge in [-0.2, -0.15) is 0 Å². The Hall–Kier alpha value is -0.860. The van der Waals surface area contributed by atoms with Crippen LogP contribution < -0.4 is 5.32 Å². The predicted octanol–water partition coefficient (Wildman–Crippen LogP) is 3.44. The van der Waals surface area contributed by atoms with E-state index in [1.54, 1.807) is 0 Å². The van der Waals surface area contributed by atoms with Crippen LogP contribution in [0.4, 0.5) is 0 Å². The lowest BCUT2D eigenvalue weighted by atomic mass is 9.80. The van der Waals surface area contributed by atoms with Gasteiger partial charge in [-0.15, -0.1) is 0 Å². The lowest BCUT2D eigenvalue weighted by Gasteiger charge is -2.33. The second kappa shape index (κ2) is 6.06. The van der Waals surface area contributed by atoms with Gasteiger partial charge >= 0.3 is 0 Å². The van der Waals surface area contributed by atoms with E-state index in [1.807, 2.05) is 0 Å². The average molecular weight is 263 g/mol. The van der Waals surface area contributed by atoms with Gasteiger partial charge in [0.05, 0.1) is 0 Å². The van der Waals surface area contributed by atoms with E-state index >= 15 is 0 Å². The molecule has 0 amide bonds. The Morgan fingerprint density at radius 2 is 1.53 bits per heavy atom.